The van der Waals surface area contributed by atoms with Crippen LogP contribution in [0.4, 0.5) is 0 Å². The number of carbonyl (C=O) groups excluding carboxylic acids is 3. The van der Waals surface area contributed by atoms with Crippen molar-refractivity contribution in [2.45, 2.75) is 18.3 Å². The maximum atomic E-state index is 12.5. The van der Waals surface area contributed by atoms with Crippen LogP contribution in [0.1, 0.15) is 6.92 Å². The van der Waals surface area contributed by atoms with Crippen LogP contribution in [0, 0.1) is 0 Å². The van der Waals surface area contributed by atoms with Gasteiger partial charge < -0.3 is 14.8 Å². The molecule has 0 bridgehead atoms. The minimum Gasteiger partial charge on any atom is -0.484 e. The largest absolute Gasteiger partial charge is 0.484 e. The van der Waals surface area contributed by atoms with Gasteiger partial charge in [-0.15, -0.1) is 0 Å². The fraction of sp³-hybridized carbons (Fsp3) is 0.353. The number of amides is 2. The second kappa shape index (κ2) is 7.03. The average Bonchev–Trinajstić information content (AvgIpc) is 2.63. The summed E-state index contributed by atoms with van der Waals surface area (Å²) < 4.78 is 34.9. The van der Waals surface area contributed by atoms with Crippen LogP contribution in [0.2, 0.25) is 0 Å². The molecule has 9 nitrogen and oxygen atoms in total. The zero-order valence-electron chi connectivity index (χ0n) is 14.7. The van der Waals surface area contributed by atoms with E-state index in [1.54, 1.807) is 30.3 Å². The van der Waals surface area contributed by atoms with E-state index in [2.05, 4.69) is 10.1 Å². The number of para-hydroxylation sites is 1. The molecule has 0 aromatic heterocycles. The first-order valence-corrected chi connectivity index (χ1v) is 9.77. The predicted octanol–water partition coefficient (Wildman–Crippen LogP) is -0.406. The van der Waals surface area contributed by atoms with E-state index < -0.39 is 44.8 Å². The molecule has 1 aromatic carbocycles. The number of hydrogen-bond acceptors (Lipinski definition) is 7. The minimum absolute atomic E-state index is 0.0895. The molecule has 2 amide bonds. The molecule has 0 saturated carbocycles. The smallest absolute Gasteiger partial charge is 0.354 e. The molecule has 2 aliphatic rings. The summed E-state index contributed by atoms with van der Waals surface area (Å²) in [5.74, 6) is -2.04. The second-order valence-corrected chi connectivity index (χ2v) is 8.27. The van der Waals surface area contributed by atoms with Gasteiger partial charge in [-0.2, -0.15) is 0 Å². The number of benzene rings is 1. The highest BCUT2D eigenvalue weighted by Crippen LogP contribution is 2.36. The quantitative estimate of drug-likeness (QED) is 0.533. The monoisotopic (exact) mass is 394 g/mol. The van der Waals surface area contributed by atoms with Crippen molar-refractivity contribution in [1.29, 1.82) is 0 Å². The second-order valence-electron chi connectivity index (χ2n) is 6.17. The van der Waals surface area contributed by atoms with Crippen LogP contribution < -0.4 is 10.1 Å². The Balaban J connectivity index is 1.73. The lowest BCUT2D eigenvalue weighted by molar-refractivity contribution is -0.152. The highest BCUT2D eigenvalue weighted by molar-refractivity contribution is 7.92. The van der Waals surface area contributed by atoms with E-state index >= 15 is 0 Å². The van der Waals surface area contributed by atoms with E-state index in [9.17, 15) is 22.8 Å². The lowest BCUT2D eigenvalue weighted by Gasteiger charge is -2.48. The number of hydrogen-bond donors (Lipinski definition) is 1. The Bertz CT molecular complexity index is 924. The van der Waals surface area contributed by atoms with Gasteiger partial charge in [-0.05, 0) is 24.6 Å². The van der Waals surface area contributed by atoms with Crippen molar-refractivity contribution < 1.29 is 32.3 Å². The predicted molar refractivity (Wildman–Crippen MR) is 93.0 cm³/mol. The molecule has 0 spiro atoms. The number of ether oxygens (including phenoxy) is 2. The molecule has 1 N–H and O–H groups in total. The first kappa shape index (κ1) is 18.9. The van der Waals surface area contributed by atoms with Gasteiger partial charge in [0.15, 0.2) is 21.8 Å². The number of sulfone groups is 1. The lowest BCUT2D eigenvalue weighted by Crippen LogP contribution is -2.75. The van der Waals surface area contributed by atoms with E-state index in [-0.39, 0.29) is 17.9 Å². The van der Waals surface area contributed by atoms with Crippen LogP contribution >= 0.6 is 0 Å². The maximum absolute atomic E-state index is 12.5. The van der Waals surface area contributed by atoms with Gasteiger partial charge in [-0.3, -0.25) is 14.5 Å². The van der Waals surface area contributed by atoms with Crippen molar-refractivity contribution in [2.75, 3.05) is 19.5 Å². The Morgan fingerprint density at radius 3 is 2.56 bits per heavy atom. The molecule has 0 unspecified atom stereocenters. The molecule has 144 valence electrons. The Morgan fingerprint density at radius 1 is 1.26 bits per heavy atom. The van der Waals surface area contributed by atoms with Gasteiger partial charge in [-0.25, -0.2) is 13.2 Å². The number of esters is 1. The van der Waals surface area contributed by atoms with Crippen LogP contribution in [0.15, 0.2) is 41.6 Å². The molecule has 2 aliphatic heterocycles. The number of nitrogens with zero attached hydrogens (tertiary/aromatic N) is 1. The van der Waals surface area contributed by atoms with Gasteiger partial charge in [0.1, 0.15) is 17.5 Å². The zero-order valence-corrected chi connectivity index (χ0v) is 15.5. The molecule has 10 heteroatoms. The molecule has 2 atom stereocenters. The first-order valence-electron chi connectivity index (χ1n) is 8.06. The molecule has 2 heterocycles. The van der Waals surface area contributed by atoms with E-state index in [1.165, 1.54) is 6.92 Å². The van der Waals surface area contributed by atoms with E-state index in [0.717, 1.165) is 12.0 Å². The van der Waals surface area contributed by atoms with Gasteiger partial charge in [0.05, 0.1) is 12.9 Å². The summed E-state index contributed by atoms with van der Waals surface area (Å²) in [6, 6.07) is 7.30. The van der Waals surface area contributed by atoms with Crippen LogP contribution in [-0.4, -0.2) is 62.0 Å². The normalized spacial score (nSPS) is 23.2. The number of nitrogens with one attached hydrogen (secondary N) is 1. The summed E-state index contributed by atoms with van der Waals surface area (Å²) in [6.45, 7) is 1.08. The Morgan fingerprint density at radius 2 is 1.93 bits per heavy atom. The van der Waals surface area contributed by atoms with E-state index in [1.807, 2.05) is 0 Å². The molecule has 3 rings (SSSR count). The number of carbonyl (C=O) groups is 3. The van der Waals surface area contributed by atoms with Gasteiger partial charge >= 0.3 is 5.97 Å². The lowest BCUT2D eigenvalue weighted by atomic mass is 10.0. The third kappa shape index (κ3) is 3.39. The molecule has 27 heavy (non-hydrogen) atoms. The van der Waals surface area contributed by atoms with Gasteiger partial charge in [0, 0.05) is 0 Å². The van der Waals surface area contributed by atoms with Crippen molar-refractivity contribution in [2.24, 2.45) is 0 Å². The minimum atomic E-state index is -3.76. The van der Waals surface area contributed by atoms with Gasteiger partial charge in [-0.1, -0.05) is 18.2 Å². The number of methoxy groups -OCH3 is 1. The topological polar surface area (TPSA) is 119 Å². The van der Waals surface area contributed by atoms with Crippen LogP contribution in [0.3, 0.4) is 0 Å². The highest BCUT2D eigenvalue weighted by Gasteiger charge is 2.60. The van der Waals surface area contributed by atoms with Crippen molar-refractivity contribution in [3.8, 4) is 5.75 Å². The molecule has 0 aliphatic carbocycles. The van der Waals surface area contributed by atoms with Crippen molar-refractivity contribution in [3.05, 3.63) is 41.6 Å². The summed E-state index contributed by atoms with van der Waals surface area (Å²) in [5.41, 5.74) is 0.136. The van der Waals surface area contributed by atoms with Gasteiger partial charge in [0.25, 0.3) is 11.8 Å². The molecule has 1 aromatic rings. The SMILES string of the molecule is COC(=O)C1=C(C)CS(=O)(=O)[C@@H]2[C@H](NC(=O)COc3ccccc3)C(=O)N12. The standard InChI is InChI=1S/C17H18N2O7S/c1-10-9-27(23,24)16-13(15(21)19(16)14(10)17(22)25-2)18-12(20)8-26-11-6-4-3-5-7-11/h3-7,13,16H,8-9H2,1-2H3,(H,18,20)/t13-,16-/m1/s1. The number of fused-ring (bicyclic) bond motifs is 1. The van der Waals surface area contributed by atoms with Crippen LogP contribution in [-0.2, 0) is 29.0 Å². The van der Waals surface area contributed by atoms with E-state index in [4.69, 9.17) is 4.74 Å². The molecule has 1 fully saturated rings. The summed E-state index contributed by atoms with van der Waals surface area (Å²) in [4.78, 5) is 37.3. The van der Waals surface area contributed by atoms with Crippen molar-refractivity contribution in [1.82, 2.24) is 10.2 Å². The Labute approximate surface area is 155 Å². The summed E-state index contributed by atoms with van der Waals surface area (Å²) in [5, 5.41) is 1.04. The van der Waals surface area contributed by atoms with Crippen molar-refractivity contribution >= 4 is 27.6 Å². The Kier molecular flexibility index (Phi) is 4.92. The molecular weight excluding hydrogens is 376 g/mol. The Hall–Kier alpha value is -2.88. The third-order valence-corrected chi connectivity index (χ3v) is 6.34. The highest BCUT2D eigenvalue weighted by atomic mass is 32.2. The fourth-order valence-electron chi connectivity index (χ4n) is 3.11. The van der Waals surface area contributed by atoms with Crippen molar-refractivity contribution in [3.63, 3.8) is 0 Å². The molecule has 1 saturated heterocycles. The fourth-order valence-corrected chi connectivity index (χ4v) is 5.15. The van der Waals surface area contributed by atoms with Gasteiger partial charge in [0.2, 0.25) is 0 Å². The zero-order chi connectivity index (χ0) is 19.8. The summed E-state index contributed by atoms with van der Waals surface area (Å²) >= 11 is 0. The first-order chi connectivity index (χ1) is 12.8. The van der Waals surface area contributed by atoms with E-state index in [0.29, 0.717) is 5.75 Å². The maximum Gasteiger partial charge on any atom is 0.354 e. The third-order valence-electron chi connectivity index (χ3n) is 4.28. The number of β-lactam (4-membered cyclic amide) rings is 1. The molecular formula is C17H18N2O7S. The number of rotatable bonds is 5. The summed E-state index contributed by atoms with van der Waals surface area (Å²) in [6.07, 6.45) is 0. The molecule has 0 radical (unpaired) electrons. The van der Waals surface area contributed by atoms with Crippen LogP contribution in [0.5, 0.6) is 5.75 Å². The van der Waals surface area contributed by atoms with Crippen LogP contribution in [0.25, 0.3) is 0 Å². The average molecular weight is 394 g/mol. The summed E-state index contributed by atoms with van der Waals surface area (Å²) in [7, 11) is -2.61.